The van der Waals surface area contributed by atoms with Gasteiger partial charge in [0, 0.05) is 5.57 Å². The second-order valence-electron chi connectivity index (χ2n) is 2.13. The van der Waals surface area contributed by atoms with Crippen LogP contribution >= 0.6 is 0 Å². The molecule has 0 fully saturated rings. The Bertz CT molecular complexity index is 281. The minimum atomic E-state index is -4.03. The maximum atomic E-state index is 10.6. The zero-order chi connectivity index (χ0) is 9.78. The first-order valence-corrected chi connectivity index (χ1v) is 4.69. The average molecular weight is 218 g/mol. The summed E-state index contributed by atoms with van der Waals surface area (Å²) in [5.74, 6) is -1.18. The Labute approximate surface area is 99.2 Å². The molecule has 0 rings (SSSR count). The van der Waals surface area contributed by atoms with Gasteiger partial charge in [-0.25, -0.2) is 4.79 Å². The van der Waals surface area contributed by atoms with Crippen molar-refractivity contribution in [2.75, 3.05) is 12.9 Å². The molecule has 0 aromatic rings. The summed E-state index contributed by atoms with van der Waals surface area (Å²) in [4.78, 5) is 10.6. The van der Waals surface area contributed by atoms with Crippen LogP contribution in [0.25, 0.3) is 0 Å². The molecular weight excluding hydrogens is 207 g/mol. The predicted octanol–water partition coefficient (Wildman–Crippen LogP) is -0.655. The van der Waals surface area contributed by atoms with Crippen LogP contribution in [0.2, 0.25) is 0 Å². The number of ether oxygens (including phenoxy) is 1. The fourth-order valence-electron chi connectivity index (χ4n) is 0.499. The summed E-state index contributed by atoms with van der Waals surface area (Å²) in [6.07, 6.45) is -0.120. The minimum absolute atomic E-state index is 0. The molecule has 72 valence electrons. The number of carbonyl (C=O) groups is 1. The molecule has 1 N–H and O–H groups in total. The molecular formula is C6H11NaO5S. The van der Waals surface area contributed by atoms with Crippen molar-refractivity contribution in [3.8, 4) is 0 Å². The number of esters is 1. The van der Waals surface area contributed by atoms with Crippen molar-refractivity contribution in [2.24, 2.45) is 0 Å². The Morgan fingerprint density at radius 3 is 2.31 bits per heavy atom. The molecule has 0 saturated heterocycles. The van der Waals surface area contributed by atoms with Gasteiger partial charge in [0.1, 0.15) is 0 Å². The summed E-state index contributed by atoms with van der Waals surface area (Å²) < 4.78 is 33.0. The van der Waals surface area contributed by atoms with Gasteiger partial charge in [0.25, 0.3) is 10.1 Å². The van der Waals surface area contributed by atoms with Crippen molar-refractivity contribution in [1.29, 1.82) is 0 Å². The molecule has 0 unspecified atom stereocenters. The molecule has 0 aliphatic carbocycles. The van der Waals surface area contributed by atoms with Crippen LogP contribution in [0, 0.1) is 0 Å². The van der Waals surface area contributed by atoms with Gasteiger partial charge in [-0.3, -0.25) is 4.55 Å². The summed E-state index contributed by atoms with van der Waals surface area (Å²) in [5.41, 5.74) is 0.0233. The average Bonchev–Trinajstić information content (AvgIpc) is 1.97. The van der Waals surface area contributed by atoms with E-state index >= 15 is 0 Å². The third kappa shape index (κ3) is 8.45. The molecule has 7 heteroatoms. The maximum absolute atomic E-state index is 10.6. The molecule has 0 aliphatic heterocycles. The van der Waals surface area contributed by atoms with Crippen molar-refractivity contribution in [3.05, 3.63) is 12.2 Å². The first kappa shape index (κ1) is 15.6. The van der Waals surface area contributed by atoms with Crippen molar-refractivity contribution >= 4 is 45.6 Å². The number of hydrogen-bond donors (Lipinski definition) is 1. The molecule has 0 bridgehead atoms. The van der Waals surface area contributed by atoms with Gasteiger partial charge in [0.2, 0.25) is 0 Å². The van der Waals surface area contributed by atoms with E-state index in [4.69, 9.17) is 4.55 Å². The van der Waals surface area contributed by atoms with Crippen molar-refractivity contribution in [2.45, 2.75) is 6.42 Å². The normalized spacial score (nSPS) is 10.0. The van der Waals surface area contributed by atoms with Gasteiger partial charge >= 0.3 is 35.5 Å². The van der Waals surface area contributed by atoms with E-state index in [1.54, 1.807) is 0 Å². The summed E-state index contributed by atoms with van der Waals surface area (Å²) in [6, 6.07) is 0. The van der Waals surface area contributed by atoms with Gasteiger partial charge < -0.3 is 4.74 Å². The van der Waals surface area contributed by atoms with E-state index in [0.29, 0.717) is 0 Å². The molecule has 0 aromatic heterocycles. The fraction of sp³-hybridized carbons (Fsp3) is 0.500. The molecule has 0 atom stereocenters. The van der Waals surface area contributed by atoms with Gasteiger partial charge in [-0.15, -0.1) is 0 Å². The third-order valence-corrected chi connectivity index (χ3v) is 1.86. The summed E-state index contributed by atoms with van der Waals surface area (Å²) in [6.45, 7) is 3.28. The van der Waals surface area contributed by atoms with Crippen molar-refractivity contribution in [1.82, 2.24) is 0 Å². The monoisotopic (exact) mass is 218 g/mol. The second kappa shape index (κ2) is 6.56. The Kier molecular flexibility index (Phi) is 7.86. The number of hydrogen-bond acceptors (Lipinski definition) is 4. The molecule has 5 nitrogen and oxygen atoms in total. The van der Waals surface area contributed by atoms with Crippen LogP contribution in [0.1, 0.15) is 6.42 Å². The van der Waals surface area contributed by atoms with E-state index < -0.39 is 21.8 Å². The van der Waals surface area contributed by atoms with Gasteiger partial charge in [0.05, 0.1) is 12.9 Å². The van der Waals surface area contributed by atoms with E-state index in [2.05, 4.69) is 11.3 Å². The van der Waals surface area contributed by atoms with E-state index in [1.165, 1.54) is 7.11 Å². The number of methoxy groups -OCH3 is 1. The first-order chi connectivity index (χ1) is 5.37. The quantitative estimate of drug-likeness (QED) is 0.293. The SMILES string of the molecule is C=C(CCS(=O)(=O)O)C(=O)OC.[NaH]. The second-order valence-corrected chi connectivity index (χ2v) is 3.70. The van der Waals surface area contributed by atoms with E-state index in [1.807, 2.05) is 0 Å². The Balaban J connectivity index is 0. The van der Waals surface area contributed by atoms with Crippen molar-refractivity contribution in [3.63, 3.8) is 0 Å². The van der Waals surface area contributed by atoms with Gasteiger partial charge in [0.15, 0.2) is 0 Å². The summed E-state index contributed by atoms with van der Waals surface area (Å²) in [5, 5.41) is 0. The van der Waals surface area contributed by atoms with Crippen LogP contribution in [0.4, 0.5) is 0 Å². The van der Waals surface area contributed by atoms with Gasteiger partial charge in [-0.1, -0.05) is 6.58 Å². The van der Waals surface area contributed by atoms with Gasteiger partial charge in [-0.2, -0.15) is 8.42 Å². The molecule has 0 spiro atoms. The Hall–Kier alpha value is 0.120. The van der Waals surface area contributed by atoms with Crippen LogP contribution in [0.3, 0.4) is 0 Å². The molecule has 0 saturated carbocycles. The molecule has 13 heavy (non-hydrogen) atoms. The van der Waals surface area contributed by atoms with Gasteiger partial charge in [-0.05, 0) is 6.42 Å². The molecule has 0 radical (unpaired) electrons. The fourth-order valence-corrected chi connectivity index (χ4v) is 1.00. The molecule has 0 heterocycles. The summed E-state index contributed by atoms with van der Waals surface area (Å²) >= 11 is 0. The number of carbonyl (C=O) groups excluding carboxylic acids is 1. The van der Waals surface area contributed by atoms with Crippen LogP contribution in [0.5, 0.6) is 0 Å². The number of rotatable bonds is 4. The van der Waals surface area contributed by atoms with Crippen molar-refractivity contribution < 1.29 is 22.5 Å². The van der Waals surface area contributed by atoms with Crippen LogP contribution in [0.15, 0.2) is 12.2 Å². The summed E-state index contributed by atoms with van der Waals surface area (Å²) in [7, 11) is -2.86. The topological polar surface area (TPSA) is 80.7 Å². The zero-order valence-electron chi connectivity index (χ0n) is 6.61. The Morgan fingerprint density at radius 1 is 1.54 bits per heavy atom. The standard InChI is InChI=1S/C6H10O5S.Na.H/c1-5(6(7)11-2)3-4-12(8,9)10;;/h1,3-4H2,2H3,(H,8,9,10);;. The predicted molar refractivity (Wildman–Crippen MR) is 49.3 cm³/mol. The van der Waals surface area contributed by atoms with Crippen LogP contribution < -0.4 is 0 Å². The molecule has 0 amide bonds. The van der Waals surface area contributed by atoms with E-state index in [-0.39, 0.29) is 41.6 Å². The first-order valence-electron chi connectivity index (χ1n) is 3.08. The van der Waals surface area contributed by atoms with Crippen LogP contribution in [-0.4, -0.2) is 61.4 Å². The Morgan fingerprint density at radius 2 is 2.00 bits per heavy atom. The van der Waals surface area contributed by atoms with Crippen LogP contribution in [-0.2, 0) is 19.6 Å². The molecule has 0 aliphatic rings. The van der Waals surface area contributed by atoms with E-state index in [9.17, 15) is 13.2 Å². The van der Waals surface area contributed by atoms with E-state index in [0.717, 1.165) is 0 Å². The zero-order valence-corrected chi connectivity index (χ0v) is 7.43. The molecule has 0 aromatic carbocycles. The third-order valence-electron chi connectivity index (χ3n) is 1.14.